The summed E-state index contributed by atoms with van der Waals surface area (Å²) in [6.45, 7) is 2.55. The second-order valence-corrected chi connectivity index (χ2v) is 11.5. The Morgan fingerprint density at radius 1 is 0.809 bits per heavy atom. The van der Waals surface area contributed by atoms with Crippen LogP contribution < -0.4 is 0 Å². The third kappa shape index (κ3) is 4.54. The first-order chi connectivity index (χ1) is 23.0. The molecule has 0 aliphatic carbocycles. The number of pyridine rings is 1. The number of rotatable bonds is 6. The number of hydrogen-bond acceptors (Lipinski definition) is 4. The summed E-state index contributed by atoms with van der Waals surface area (Å²) in [6, 6.07) is 41.6. The van der Waals surface area contributed by atoms with Gasteiger partial charge in [0.05, 0.1) is 33.6 Å². The molecule has 0 spiro atoms. The molecule has 0 aliphatic rings. The molecule has 7 heteroatoms. The Kier molecular flexibility index (Phi) is 6.63. The molecule has 224 valence electrons. The van der Waals surface area contributed by atoms with Crippen LogP contribution in [0.15, 0.2) is 128 Å². The van der Waals surface area contributed by atoms with Crippen LogP contribution in [0.1, 0.15) is 27.2 Å². The molecule has 0 amide bonds. The molecule has 3 aromatic heterocycles. The zero-order valence-corrected chi connectivity index (χ0v) is 25.4. The molecule has 0 bridgehead atoms. The van der Waals surface area contributed by atoms with Crippen molar-refractivity contribution >= 4 is 38.7 Å². The van der Waals surface area contributed by atoms with E-state index in [1.807, 2.05) is 96.5 Å². The zero-order valence-electron chi connectivity index (χ0n) is 25.4. The van der Waals surface area contributed by atoms with E-state index in [0.717, 1.165) is 33.1 Å². The lowest BCUT2D eigenvalue weighted by Gasteiger charge is -2.15. The minimum Gasteiger partial charge on any atom is -0.478 e. The fraction of sp³-hybridized carbons (Fsp3) is 0.0500. The number of nitriles is 1. The highest BCUT2D eigenvalue weighted by Gasteiger charge is 2.27. The zero-order chi connectivity index (χ0) is 32.1. The van der Waals surface area contributed by atoms with E-state index >= 15 is 0 Å². The molecule has 0 unspecified atom stereocenters. The lowest BCUT2D eigenvalue weighted by Crippen LogP contribution is -2.02. The van der Waals surface area contributed by atoms with E-state index in [9.17, 15) is 15.2 Å². The van der Waals surface area contributed by atoms with E-state index in [2.05, 4.69) is 41.1 Å². The van der Waals surface area contributed by atoms with Gasteiger partial charge in [-0.15, -0.1) is 0 Å². The summed E-state index contributed by atoms with van der Waals surface area (Å²) in [5.41, 5.74) is 7.39. The van der Waals surface area contributed by atoms with Crippen molar-refractivity contribution in [2.24, 2.45) is 0 Å². The summed E-state index contributed by atoms with van der Waals surface area (Å²) < 4.78 is 4.00. The molecule has 0 fully saturated rings. The Balaban J connectivity index is 1.52. The monoisotopic (exact) mass is 609 g/mol. The number of carboxylic acids is 1. The number of aromatic nitrogens is 4. The Bertz CT molecular complexity index is 2540. The summed E-state index contributed by atoms with van der Waals surface area (Å²) >= 11 is 0. The minimum atomic E-state index is -1.03. The Labute approximate surface area is 270 Å². The summed E-state index contributed by atoms with van der Waals surface area (Å²) in [6.07, 6.45) is 2.07. The van der Waals surface area contributed by atoms with Crippen molar-refractivity contribution in [3.8, 4) is 34.1 Å². The Hall–Kier alpha value is -6.52. The Morgan fingerprint density at radius 2 is 1.51 bits per heavy atom. The van der Waals surface area contributed by atoms with Crippen LogP contribution in [-0.2, 0) is 6.54 Å². The number of aromatic carboxylic acids is 1. The average Bonchev–Trinajstić information content (AvgIpc) is 3.64. The van der Waals surface area contributed by atoms with Crippen molar-refractivity contribution in [3.63, 3.8) is 0 Å². The predicted octanol–water partition coefficient (Wildman–Crippen LogP) is 8.79. The van der Waals surface area contributed by atoms with Crippen molar-refractivity contribution < 1.29 is 9.90 Å². The Morgan fingerprint density at radius 3 is 2.26 bits per heavy atom. The van der Waals surface area contributed by atoms with Gasteiger partial charge in [-0.05, 0) is 47.7 Å². The summed E-state index contributed by atoms with van der Waals surface area (Å²) in [5, 5.41) is 29.2. The van der Waals surface area contributed by atoms with Gasteiger partial charge in [0, 0.05) is 40.2 Å². The largest absolute Gasteiger partial charge is 0.478 e. The van der Waals surface area contributed by atoms with Crippen LogP contribution in [-0.4, -0.2) is 30.4 Å². The molecule has 7 nitrogen and oxygen atoms in total. The van der Waals surface area contributed by atoms with Crippen molar-refractivity contribution in [1.29, 1.82) is 5.26 Å². The number of fused-ring (bicyclic) bond motifs is 3. The number of carbonyl (C=O) groups is 1. The van der Waals surface area contributed by atoms with Crippen molar-refractivity contribution in [1.82, 2.24) is 19.3 Å². The van der Waals surface area contributed by atoms with E-state index in [1.165, 1.54) is 0 Å². The van der Waals surface area contributed by atoms with Crippen LogP contribution in [0, 0.1) is 18.3 Å². The van der Waals surface area contributed by atoms with Crippen LogP contribution >= 0.6 is 0 Å². The molecular formula is C40H27N5O2. The van der Waals surface area contributed by atoms with Crippen molar-refractivity contribution in [3.05, 3.63) is 150 Å². The smallest absolute Gasteiger partial charge is 0.336 e. The van der Waals surface area contributed by atoms with Crippen molar-refractivity contribution in [2.75, 3.05) is 0 Å². The van der Waals surface area contributed by atoms with Gasteiger partial charge >= 0.3 is 5.97 Å². The van der Waals surface area contributed by atoms with E-state index in [1.54, 1.807) is 12.1 Å². The topological polar surface area (TPSA) is 96.7 Å². The molecule has 8 rings (SSSR count). The molecule has 0 saturated carbocycles. The highest BCUT2D eigenvalue weighted by atomic mass is 16.4. The van der Waals surface area contributed by atoms with Gasteiger partial charge in [0.15, 0.2) is 5.65 Å². The van der Waals surface area contributed by atoms with Gasteiger partial charge in [-0.2, -0.15) is 10.4 Å². The molecule has 1 N–H and O–H groups in total. The first-order valence-corrected chi connectivity index (χ1v) is 15.3. The van der Waals surface area contributed by atoms with Crippen LogP contribution in [0.4, 0.5) is 0 Å². The predicted molar refractivity (Wildman–Crippen MR) is 185 cm³/mol. The molecular weight excluding hydrogens is 582 g/mol. The summed E-state index contributed by atoms with van der Waals surface area (Å²) in [5.74, 6) is -1.03. The number of aryl methyl sites for hydroxylation is 1. The normalized spacial score (nSPS) is 11.3. The second kappa shape index (κ2) is 11.1. The minimum absolute atomic E-state index is 0.168. The van der Waals surface area contributed by atoms with E-state index in [4.69, 9.17) is 10.1 Å². The van der Waals surface area contributed by atoms with Gasteiger partial charge in [-0.1, -0.05) is 97.1 Å². The fourth-order valence-corrected chi connectivity index (χ4v) is 6.71. The molecule has 0 radical (unpaired) electrons. The number of carboxylic acid groups (broad SMARTS) is 1. The third-order valence-electron chi connectivity index (χ3n) is 8.75. The van der Waals surface area contributed by atoms with Crippen molar-refractivity contribution in [2.45, 2.75) is 13.5 Å². The molecule has 3 heterocycles. The quantitative estimate of drug-likeness (QED) is 0.203. The van der Waals surface area contributed by atoms with Gasteiger partial charge in [-0.3, -0.25) is 0 Å². The van der Waals surface area contributed by atoms with E-state index in [0.29, 0.717) is 51.0 Å². The maximum absolute atomic E-state index is 12.6. The third-order valence-corrected chi connectivity index (χ3v) is 8.75. The number of hydrogen-bond donors (Lipinski definition) is 1. The SMILES string of the molecule is Cc1nn(-c2ccccc2)c2nc(-c3cn(Cc4ccccc4)c4ccccc34)c(C#N)c(-c3cccc4cccc(C(=O)O)c34)c12. The maximum Gasteiger partial charge on any atom is 0.336 e. The first kappa shape index (κ1) is 28.0. The summed E-state index contributed by atoms with van der Waals surface area (Å²) in [7, 11) is 0. The van der Waals surface area contributed by atoms with Crippen LogP contribution in [0.2, 0.25) is 0 Å². The number of nitrogens with zero attached hydrogens (tertiary/aromatic N) is 5. The first-order valence-electron chi connectivity index (χ1n) is 15.3. The van der Waals surface area contributed by atoms with Crippen LogP contribution in [0.5, 0.6) is 0 Å². The molecule has 0 atom stereocenters. The van der Waals surface area contributed by atoms with Gasteiger partial charge in [0.2, 0.25) is 0 Å². The highest BCUT2D eigenvalue weighted by molar-refractivity contribution is 6.15. The molecule has 47 heavy (non-hydrogen) atoms. The van der Waals surface area contributed by atoms with Crippen LogP contribution in [0.3, 0.4) is 0 Å². The van der Waals surface area contributed by atoms with Gasteiger partial charge in [-0.25, -0.2) is 14.5 Å². The van der Waals surface area contributed by atoms with Crippen LogP contribution in [0.25, 0.3) is 60.8 Å². The summed E-state index contributed by atoms with van der Waals surface area (Å²) in [4.78, 5) is 17.8. The maximum atomic E-state index is 12.6. The van der Waals surface area contributed by atoms with Gasteiger partial charge in [0.25, 0.3) is 0 Å². The highest BCUT2D eigenvalue weighted by Crippen LogP contribution is 2.43. The lowest BCUT2D eigenvalue weighted by atomic mass is 9.88. The fourth-order valence-electron chi connectivity index (χ4n) is 6.71. The average molecular weight is 610 g/mol. The number of para-hydroxylation sites is 2. The van der Waals surface area contributed by atoms with Gasteiger partial charge < -0.3 is 9.67 Å². The van der Waals surface area contributed by atoms with E-state index in [-0.39, 0.29) is 5.56 Å². The molecule has 0 saturated heterocycles. The number of benzene rings is 5. The molecule has 0 aliphatic heterocycles. The standard InChI is InChI=1S/C40H27N5O2/c1-25-35-37(30-19-10-14-27-15-11-20-31(36(27)30)40(46)47)32(22-41)38(42-39(35)45(43-25)28-16-6-3-7-17-28)33-24-44(23-26-12-4-2-5-13-26)34-21-9-8-18-29(33)34/h2-21,24H,23H2,1H3,(H,46,47). The van der Waals surface area contributed by atoms with Gasteiger partial charge in [0.1, 0.15) is 6.07 Å². The lowest BCUT2D eigenvalue weighted by molar-refractivity contribution is 0.0699. The second-order valence-electron chi connectivity index (χ2n) is 11.5. The molecule has 8 aromatic rings. The van der Waals surface area contributed by atoms with E-state index < -0.39 is 5.97 Å². The molecule has 5 aromatic carbocycles.